The molecule has 0 radical (unpaired) electrons. The number of hydrogen-bond donors (Lipinski definition) is 2. The maximum Gasteiger partial charge on any atom is 0.135 e. The van der Waals surface area contributed by atoms with E-state index < -0.39 is 0 Å². The summed E-state index contributed by atoms with van der Waals surface area (Å²) in [5.74, 6) is 1.01. The fourth-order valence-electron chi connectivity index (χ4n) is 4.80. The highest BCUT2D eigenvalue weighted by molar-refractivity contribution is 5.79. The summed E-state index contributed by atoms with van der Waals surface area (Å²) in [4.78, 5) is 24.7. The van der Waals surface area contributed by atoms with Crippen LogP contribution in [0.15, 0.2) is 24.3 Å². The van der Waals surface area contributed by atoms with Gasteiger partial charge < -0.3 is 19.7 Å². The van der Waals surface area contributed by atoms with Crippen molar-refractivity contribution in [3.05, 3.63) is 57.6 Å². The highest BCUT2D eigenvalue weighted by atomic mass is 16.5. The molecule has 6 heteroatoms. The number of benzene rings is 2. The predicted octanol–water partition coefficient (Wildman–Crippen LogP) is 7.22. The molecule has 6 nitrogen and oxygen atoms in total. The minimum Gasteiger partial charge on any atom is -0.507 e. The molecule has 0 spiro atoms. The average molecular weight is 569 g/mol. The van der Waals surface area contributed by atoms with E-state index in [2.05, 4.69) is 41.5 Å². The van der Waals surface area contributed by atoms with Gasteiger partial charge in [-0.25, -0.2) is 0 Å². The molecule has 0 saturated heterocycles. The van der Waals surface area contributed by atoms with Crippen molar-refractivity contribution in [1.82, 2.24) is 0 Å². The van der Waals surface area contributed by atoms with E-state index in [4.69, 9.17) is 9.47 Å². The first-order chi connectivity index (χ1) is 19.1. The number of phenolic OH excluding ortho intramolecular Hbond substituents is 2. The van der Waals surface area contributed by atoms with Crippen molar-refractivity contribution in [1.29, 1.82) is 0 Å². The van der Waals surface area contributed by atoms with Gasteiger partial charge in [-0.05, 0) is 77.3 Å². The van der Waals surface area contributed by atoms with Crippen LogP contribution in [0.2, 0.25) is 0 Å². The molecule has 0 amide bonds. The molecule has 0 saturated carbocycles. The van der Waals surface area contributed by atoms with E-state index in [0.717, 1.165) is 33.4 Å². The van der Waals surface area contributed by atoms with Gasteiger partial charge in [-0.15, -0.1) is 0 Å². The second-order valence-electron chi connectivity index (χ2n) is 13.3. The number of carbonyl (C=O) groups is 2. The number of carbonyl (C=O) groups excluding carboxylic acids is 2. The van der Waals surface area contributed by atoms with Crippen molar-refractivity contribution in [3.8, 4) is 11.5 Å². The Balaban J connectivity index is 1.56. The monoisotopic (exact) mass is 568 g/mol. The minimum atomic E-state index is -0.160. The highest BCUT2D eigenvalue weighted by Gasteiger charge is 2.21. The van der Waals surface area contributed by atoms with Gasteiger partial charge in [0.2, 0.25) is 0 Å². The molecule has 2 rings (SSSR count). The molecule has 2 aromatic rings. The number of rotatable bonds is 16. The number of ketones is 2. The largest absolute Gasteiger partial charge is 0.507 e. The van der Waals surface area contributed by atoms with Crippen LogP contribution < -0.4 is 0 Å². The molecule has 0 atom stereocenters. The Morgan fingerprint density at radius 2 is 0.976 bits per heavy atom. The fourth-order valence-corrected chi connectivity index (χ4v) is 4.80. The normalized spacial score (nSPS) is 12.1. The van der Waals surface area contributed by atoms with Gasteiger partial charge in [0.05, 0.1) is 13.2 Å². The van der Waals surface area contributed by atoms with Crippen LogP contribution in [0.5, 0.6) is 11.5 Å². The van der Waals surface area contributed by atoms with E-state index in [1.54, 1.807) is 0 Å². The van der Waals surface area contributed by atoms with Crippen LogP contribution in [0.25, 0.3) is 0 Å². The Labute approximate surface area is 247 Å². The number of aromatic hydroxyl groups is 2. The summed E-state index contributed by atoms with van der Waals surface area (Å²) >= 11 is 0. The second kappa shape index (κ2) is 15.5. The van der Waals surface area contributed by atoms with Crippen molar-refractivity contribution in [2.45, 2.75) is 111 Å². The number of Topliss-reactive ketones (excluding diaryl/α,β-unsaturated/α-hetero) is 2. The first-order valence-electron chi connectivity index (χ1n) is 14.9. The van der Waals surface area contributed by atoms with Crippen LogP contribution in [-0.2, 0) is 42.7 Å². The minimum absolute atomic E-state index is 0.160. The van der Waals surface area contributed by atoms with Crippen molar-refractivity contribution >= 4 is 11.6 Å². The molecule has 2 N–H and O–H groups in total. The molecular weight excluding hydrogens is 516 g/mol. The number of hydrogen-bond acceptors (Lipinski definition) is 6. The SMILES string of the molecule is Cc1cc(CCC(=O)CCOCCCOCCC(=O)CCc2cc(C)c(O)c(C(C)(C)C)c2)cc(C(C)(C)C)c1O. The lowest BCUT2D eigenvalue weighted by atomic mass is 9.83. The first kappa shape index (κ1) is 34.5. The van der Waals surface area contributed by atoms with Crippen LogP contribution in [0.1, 0.15) is 107 Å². The molecule has 0 unspecified atom stereocenters. The van der Waals surface area contributed by atoms with Gasteiger partial charge in [0.15, 0.2) is 0 Å². The van der Waals surface area contributed by atoms with E-state index in [1.807, 2.05) is 38.1 Å². The van der Waals surface area contributed by atoms with Crippen molar-refractivity contribution in [2.24, 2.45) is 0 Å². The molecule has 41 heavy (non-hydrogen) atoms. The molecule has 2 aromatic carbocycles. The van der Waals surface area contributed by atoms with Crippen LogP contribution in [0, 0.1) is 13.8 Å². The highest BCUT2D eigenvalue weighted by Crippen LogP contribution is 2.35. The van der Waals surface area contributed by atoms with Crippen molar-refractivity contribution in [3.63, 3.8) is 0 Å². The van der Waals surface area contributed by atoms with E-state index in [9.17, 15) is 19.8 Å². The van der Waals surface area contributed by atoms with Gasteiger partial charge >= 0.3 is 0 Å². The zero-order valence-electron chi connectivity index (χ0n) is 26.6. The summed E-state index contributed by atoms with van der Waals surface area (Å²) in [6.07, 6.45) is 3.71. The molecular formula is C35H52O6. The van der Waals surface area contributed by atoms with E-state index in [1.165, 1.54) is 0 Å². The summed E-state index contributed by atoms with van der Waals surface area (Å²) in [6, 6.07) is 7.94. The predicted molar refractivity (Wildman–Crippen MR) is 165 cm³/mol. The Morgan fingerprint density at radius 1 is 0.610 bits per heavy atom. The molecule has 0 aromatic heterocycles. The van der Waals surface area contributed by atoms with Crippen LogP contribution in [-0.4, -0.2) is 48.2 Å². The summed E-state index contributed by atoms with van der Waals surface area (Å²) in [6.45, 7) is 18.0. The lowest BCUT2D eigenvalue weighted by Crippen LogP contribution is -2.13. The third kappa shape index (κ3) is 11.6. The molecule has 0 aliphatic heterocycles. The summed E-state index contributed by atoms with van der Waals surface area (Å²) < 4.78 is 11.2. The zero-order valence-corrected chi connectivity index (χ0v) is 26.6. The molecule has 0 aliphatic rings. The smallest absolute Gasteiger partial charge is 0.135 e. The van der Waals surface area contributed by atoms with Gasteiger partial charge in [-0.1, -0.05) is 65.8 Å². The topological polar surface area (TPSA) is 93.1 Å². The van der Waals surface area contributed by atoms with Crippen molar-refractivity contribution in [2.75, 3.05) is 26.4 Å². The van der Waals surface area contributed by atoms with E-state index in [0.29, 0.717) is 82.9 Å². The molecule has 0 bridgehead atoms. The van der Waals surface area contributed by atoms with Crippen LogP contribution in [0.3, 0.4) is 0 Å². The maximum absolute atomic E-state index is 12.3. The average Bonchev–Trinajstić information content (AvgIpc) is 2.87. The Bertz CT molecular complexity index is 1080. The lowest BCUT2D eigenvalue weighted by Gasteiger charge is -2.22. The van der Waals surface area contributed by atoms with Gasteiger partial charge in [0.1, 0.15) is 23.1 Å². The van der Waals surface area contributed by atoms with Crippen molar-refractivity contribution < 1.29 is 29.3 Å². The molecule has 0 aliphatic carbocycles. The van der Waals surface area contributed by atoms with Gasteiger partial charge in [0, 0.05) is 38.9 Å². The number of aryl methyl sites for hydroxylation is 4. The van der Waals surface area contributed by atoms with Gasteiger partial charge in [-0.2, -0.15) is 0 Å². The maximum atomic E-state index is 12.3. The van der Waals surface area contributed by atoms with E-state index >= 15 is 0 Å². The Kier molecular flexibility index (Phi) is 13.0. The first-order valence-corrected chi connectivity index (χ1v) is 14.9. The van der Waals surface area contributed by atoms with Gasteiger partial charge in [0.25, 0.3) is 0 Å². The summed E-state index contributed by atoms with van der Waals surface area (Å²) in [5.41, 5.74) is 5.32. The number of phenols is 2. The zero-order chi connectivity index (χ0) is 30.8. The summed E-state index contributed by atoms with van der Waals surface area (Å²) in [5, 5.41) is 20.8. The van der Waals surface area contributed by atoms with Gasteiger partial charge in [-0.3, -0.25) is 9.59 Å². The van der Waals surface area contributed by atoms with Crippen LogP contribution >= 0.6 is 0 Å². The quantitative estimate of drug-likeness (QED) is 0.208. The summed E-state index contributed by atoms with van der Waals surface area (Å²) in [7, 11) is 0. The fraction of sp³-hybridized carbons (Fsp3) is 0.600. The molecule has 0 heterocycles. The number of ether oxygens (including phenoxy) is 2. The Morgan fingerprint density at radius 3 is 1.32 bits per heavy atom. The molecule has 228 valence electrons. The standard InChI is InChI=1S/C35H52O6/c1-24-20-26(22-30(32(24)38)34(3,4)5)10-12-28(36)14-18-40-16-9-17-41-19-15-29(37)13-11-27-21-25(2)33(39)31(23-27)35(6,7)8/h20-23,38-39H,9-19H2,1-8H3. The Hall–Kier alpha value is -2.70. The second-order valence-corrected chi connectivity index (χ2v) is 13.3. The van der Waals surface area contributed by atoms with E-state index in [-0.39, 0.29) is 22.4 Å². The third-order valence-electron chi connectivity index (χ3n) is 7.35. The van der Waals surface area contributed by atoms with Crippen LogP contribution in [0.4, 0.5) is 0 Å². The lowest BCUT2D eigenvalue weighted by molar-refractivity contribution is -0.120. The third-order valence-corrected chi connectivity index (χ3v) is 7.35. The molecule has 0 fully saturated rings.